The highest BCUT2D eigenvalue weighted by atomic mass is 16.7. The molecule has 0 heterocycles. The third-order valence-electron chi connectivity index (χ3n) is 2.22. The van der Waals surface area contributed by atoms with Crippen LogP contribution in [0.2, 0.25) is 0 Å². The molecule has 2 nitrogen and oxygen atoms in total. The lowest BCUT2D eigenvalue weighted by Crippen LogP contribution is -2.00. The van der Waals surface area contributed by atoms with Crippen LogP contribution in [0, 0.1) is 18.6 Å². The smallest absolute Gasteiger partial charge is 0.209 e. The Morgan fingerprint density at radius 3 is 1.53 bits per heavy atom. The van der Waals surface area contributed by atoms with Crippen molar-refractivity contribution >= 4 is 0 Å². The van der Waals surface area contributed by atoms with Gasteiger partial charge in [-0.3, -0.25) is 0 Å². The van der Waals surface area contributed by atoms with Crippen LogP contribution in [0.4, 0.5) is 0 Å². The predicted molar refractivity (Wildman–Crippen MR) is 64.3 cm³/mol. The van der Waals surface area contributed by atoms with Gasteiger partial charge in [-0.15, -0.1) is 0 Å². The lowest BCUT2D eigenvalue weighted by Gasteiger charge is -2.07. The molecule has 0 aliphatic heterocycles. The van der Waals surface area contributed by atoms with E-state index in [0.29, 0.717) is 0 Å². The molecule has 0 rings (SSSR count). The van der Waals surface area contributed by atoms with Gasteiger partial charge in [-0.05, 0) is 37.5 Å². The Hall–Kier alpha value is -0.0800. The molecule has 0 unspecified atom stereocenters. The Labute approximate surface area is 95.3 Å². The van der Waals surface area contributed by atoms with Gasteiger partial charge in [0.05, 0.1) is 0 Å². The topological polar surface area (TPSA) is 18.5 Å². The maximum atomic E-state index is 5.24. The first-order valence-corrected chi connectivity index (χ1v) is 6.17. The summed E-state index contributed by atoms with van der Waals surface area (Å²) in [5.74, 6) is 1.53. The van der Waals surface area contributed by atoms with E-state index in [4.69, 9.17) is 9.47 Å². The maximum Gasteiger partial charge on any atom is 0.209 e. The van der Waals surface area contributed by atoms with E-state index in [-0.39, 0.29) is 0 Å². The standard InChI is InChI=1S/C13H27O2/c1-12(2)7-5-9-14-11-15-10-6-8-13(3)4/h11-13H,5-10H2,1-4H3. The van der Waals surface area contributed by atoms with Crippen LogP contribution in [-0.2, 0) is 9.47 Å². The van der Waals surface area contributed by atoms with E-state index in [9.17, 15) is 0 Å². The summed E-state index contributed by atoms with van der Waals surface area (Å²) < 4.78 is 10.5. The fraction of sp³-hybridized carbons (Fsp3) is 0.923. The van der Waals surface area contributed by atoms with Gasteiger partial charge in [-0.2, -0.15) is 0 Å². The van der Waals surface area contributed by atoms with E-state index < -0.39 is 0 Å². The van der Waals surface area contributed by atoms with Gasteiger partial charge in [0.2, 0.25) is 6.79 Å². The summed E-state index contributed by atoms with van der Waals surface area (Å²) in [6, 6.07) is 0. The lowest BCUT2D eigenvalue weighted by atomic mass is 10.1. The number of hydrogen-bond donors (Lipinski definition) is 0. The minimum absolute atomic E-state index is 0.764. The molecule has 0 aliphatic carbocycles. The molecule has 0 saturated heterocycles. The molecule has 0 amide bonds. The van der Waals surface area contributed by atoms with Crippen LogP contribution in [0.1, 0.15) is 53.4 Å². The molecule has 1 radical (unpaired) electrons. The zero-order valence-electron chi connectivity index (χ0n) is 10.8. The molecule has 0 aromatic carbocycles. The van der Waals surface area contributed by atoms with E-state index in [1.165, 1.54) is 19.6 Å². The SMILES string of the molecule is CC(C)CCCO[CH]OCCCC(C)C. The first-order chi connectivity index (χ1) is 7.13. The van der Waals surface area contributed by atoms with E-state index in [1.54, 1.807) is 0 Å². The first-order valence-electron chi connectivity index (χ1n) is 6.17. The van der Waals surface area contributed by atoms with Crippen molar-refractivity contribution in [2.45, 2.75) is 53.4 Å². The van der Waals surface area contributed by atoms with Crippen molar-refractivity contribution in [1.82, 2.24) is 0 Å². The van der Waals surface area contributed by atoms with Gasteiger partial charge < -0.3 is 9.47 Å². The second-order valence-electron chi connectivity index (χ2n) is 4.91. The second kappa shape index (κ2) is 10.4. The second-order valence-corrected chi connectivity index (χ2v) is 4.91. The predicted octanol–water partition coefficient (Wildman–Crippen LogP) is 4.01. The quantitative estimate of drug-likeness (QED) is 0.513. The molecule has 15 heavy (non-hydrogen) atoms. The normalized spacial score (nSPS) is 11.6. The Kier molecular flexibility index (Phi) is 10.4. The largest absolute Gasteiger partial charge is 0.348 e. The monoisotopic (exact) mass is 215 g/mol. The average molecular weight is 215 g/mol. The molecule has 0 aromatic rings. The van der Waals surface area contributed by atoms with E-state index in [2.05, 4.69) is 27.7 Å². The number of hydrogen-bond acceptors (Lipinski definition) is 2. The van der Waals surface area contributed by atoms with Crippen LogP contribution >= 0.6 is 0 Å². The lowest BCUT2D eigenvalue weighted by molar-refractivity contribution is 0.0166. The molecule has 0 spiro atoms. The summed E-state index contributed by atoms with van der Waals surface area (Å²) in [5.41, 5.74) is 0. The van der Waals surface area contributed by atoms with Gasteiger partial charge in [0.15, 0.2) is 0 Å². The van der Waals surface area contributed by atoms with Crippen molar-refractivity contribution in [3.8, 4) is 0 Å². The molecular formula is C13H27O2. The minimum atomic E-state index is 0.764. The summed E-state index contributed by atoms with van der Waals surface area (Å²) >= 11 is 0. The number of rotatable bonds is 10. The summed E-state index contributed by atoms with van der Waals surface area (Å²) in [6.45, 7) is 12.0. The Morgan fingerprint density at radius 1 is 0.800 bits per heavy atom. The minimum Gasteiger partial charge on any atom is -0.348 e. The molecular weight excluding hydrogens is 188 g/mol. The van der Waals surface area contributed by atoms with Crippen LogP contribution in [-0.4, -0.2) is 13.2 Å². The molecule has 0 bridgehead atoms. The van der Waals surface area contributed by atoms with E-state index in [1.807, 2.05) is 0 Å². The highest BCUT2D eigenvalue weighted by Gasteiger charge is 1.96. The third kappa shape index (κ3) is 13.9. The van der Waals surface area contributed by atoms with Gasteiger partial charge in [-0.25, -0.2) is 0 Å². The summed E-state index contributed by atoms with van der Waals surface area (Å²) in [4.78, 5) is 0. The van der Waals surface area contributed by atoms with Crippen molar-refractivity contribution in [1.29, 1.82) is 0 Å². The van der Waals surface area contributed by atoms with Gasteiger partial charge in [0.25, 0.3) is 0 Å². The zero-order chi connectivity index (χ0) is 11.5. The maximum absolute atomic E-state index is 5.24. The van der Waals surface area contributed by atoms with E-state index in [0.717, 1.165) is 37.9 Å². The van der Waals surface area contributed by atoms with Crippen LogP contribution in [0.15, 0.2) is 0 Å². The molecule has 0 fully saturated rings. The highest BCUT2D eigenvalue weighted by Crippen LogP contribution is 2.05. The fourth-order valence-electron chi connectivity index (χ4n) is 1.29. The van der Waals surface area contributed by atoms with Gasteiger partial charge >= 0.3 is 0 Å². The number of ether oxygens (including phenoxy) is 2. The summed E-state index contributed by atoms with van der Waals surface area (Å²) in [7, 11) is 0. The van der Waals surface area contributed by atoms with Crippen molar-refractivity contribution in [3.63, 3.8) is 0 Å². The van der Waals surface area contributed by atoms with Crippen molar-refractivity contribution < 1.29 is 9.47 Å². The molecule has 0 aromatic heterocycles. The van der Waals surface area contributed by atoms with Crippen molar-refractivity contribution in [2.24, 2.45) is 11.8 Å². The van der Waals surface area contributed by atoms with Crippen molar-refractivity contribution in [2.75, 3.05) is 13.2 Å². The summed E-state index contributed by atoms with van der Waals surface area (Å²) in [5, 5.41) is 0. The molecule has 0 N–H and O–H groups in total. The molecule has 2 heteroatoms. The molecule has 0 atom stereocenters. The van der Waals surface area contributed by atoms with Crippen LogP contribution in [0.3, 0.4) is 0 Å². The Morgan fingerprint density at radius 2 is 1.20 bits per heavy atom. The van der Waals surface area contributed by atoms with Crippen LogP contribution in [0.5, 0.6) is 0 Å². The average Bonchev–Trinajstić information content (AvgIpc) is 2.14. The fourth-order valence-corrected chi connectivity index (χ4v) is 1.29. The Bertz CT molecular complexity index is 108. The third-order valence-corrected chi connectivity index (χ3v) is 2.22. The summed E-state index contributed by atoms with van der Waals surface area (Å²) in [6.07, 6.45) is 4.68. The van der Waals surface area contributed by atoms with Crippen LogP contribution in [0.25, 0.3) is 0 Å². The van der Waals surface area contributed by atoms with Gasteiger partial charge in [0.1, 0.15) is 0 Å². The first kappa shape index (κ1) is 14.9. The molecule has 0 aliphatic rings. The van der Waals surface area contributed by atoms with E-state index >= 15 is 0 Å². The zero-order valence-corrected chi connectivity index (χ0v) is 10.8. The van der Waals surface area contributed by atoms with Crippen molar-refractivity contribution in [3.05, 3.63) is 6.79 Å². The van der Waals surface area contributed by atoms with Crippen LogP contribution < -0.4 is 0 Å². The molecule has 0 saturated carbocycles. The van der Waals surface area contributed by atoms with Gasteiger partial charge in [-0.1, -0.05) is 27.7 Å². The van der Waals surface area contributed by atoms with Gasteiger partial charge in [0, 0.05) is 13.2 Å². The highest BCUT2D eigenvalue weighted by molar-refractivity contribution is 4.46. The Balaban J connectivity index is 2.93. The molecule has 91 valence electrons.